The van der Waals surface area contributed by atoms with Crippen molar-refractivity contribution in [2.45, 2.75) is 6.54 Å². The zero-order valence-electron chi connectivity index (χ0n) is 7.88. The molecule has 0 atom stereocenters. The molecule has 0 unspecified atom stereocenters. The van der Waals surface area contributed by atoms with E-state index in [0.29, 0.717) is 5.69 Å². The van der Waals surface area contributed by atoms with Gasteiger partial charge in [-0.1, -0.05) is 0 Å². The number of nitrogens with one attached hydrogen (secondary N) is 1. The Balaban J connectivity index is 2.55. The molecule has 0 bridgehead atoms. The molecule has 0 aromatic carbocycles. The molecular weight excluding hydrogens is 202 g/mol. The van der Waals surface area contributed by atoms with Crippen LogP contribution in [0, 0.1) is 0 Å². The van der Waals surface area contributed by atoms with Gasteiger partial charge in [-0.3, -0.25) is 14.5 Å². The van der Waals surface area contributed by atoms with E-state index >= 15 is 0 Å². The fraction of sp³-hybridized carbons (Fsp3) is 0.375. The Labute approximate surface area is 85.4 Å². The Morgan fingerprint density at radius 3 is 2.33 bits per heavy atom. The summed E-state index contributed by atoms with van der Waals surface area (Å²) in [5.74, 6) is -2.12. The largest absolute Gasteiger partial charge is 0.480 e. The summed E-state index contributed by atoms with van der Waals surface area (Å²) in [4.78, 5) is 28.7. The van der Waals surface area contributed by atoms with Crippen LogP contribution in [0.25, 0.3) is 0 Å². The Hall–Kier alpha value is -1.89. The topological polar surface area (TPSA) is 107 Å². The fourth-order valence-corrected chi connectivity index (χ4v) is 1.16. The summed E-state index contributed by atoms with van der Waals surface area (Å²) in [5.41, 5.74) is 0.678. The van der Waals surface area contributed by atoms with Gasteiger partial charge in [-0.15, -0.1) is 0 Å². The van der Waals surface area contributed by atoms with Crippen molar-refractivity contribution in [2.24, 2.45) is 0 Å². The highest BCUT2D eigenvalue weighted by Gasteiger charge is 2.14. The second kappa shape index (κ2) is 5.11. The number of imidazole rings is 1. The van der Waals surface area contributed by atoms with Crippen molar-refractivity contribution >= 4 is 11.9 Å². The van der Waals surface area contributed by atoms with E-state index in [1.165, 1.54) is 17.4 Å². The molecule has 1 rings (SSSR count). The van der Waals surface area contributed by atoms with Crippen molar-refractivity contribution in [3.63, 3.8) is 0 Å². The minimum absolute atomic E-state index is 0.221. The van der Waals surface area contributed by atoms with Gasteiger partial charge in [-0.2, -0.15) is 0 Å². The molecule has 0 spiro atoms. The van der Waals surface area contributed by atoms with Crippen molar-refractivity contribution in [3.05, 3.63) is 18.2 Å². The predicted molar refractivity (Wildman–Crippen MR) is 49.1 cm³/mol. The van der Waals surface area contributed by atoms with Crippen LogP contribution in [-0.2, 0) is 16.1 Å². The summed E-state index contributed by atoms with van der Waals surface area (Å²) < 4.78 is 0. The molecule has 15 heavy (non-hydrogen) atoms. The Morgan fingerprint density at radius 1 is 1.33 bits per heavy atom. The maximum Gasteiger partial charge on any atom is 0.317 e. The number of aliphatic carboxylic acids is 2. The maximum atomic E-state index is 10.5. The summed E-state index contributed by atoms with van der Waals surface area (Å²) in [5, 5.41) is 17.1. The number of aromatic nitrogens is 2. The molecule has 82 valence electrons. The molecule has 0 saturated heterocycles. The highest BCUT2D eigenvalue weighted by molar-refractivity contribution is 5.72. The quantitative estimate of drug-likeness (QED) is 0.581. The van der Waals surface area contributed by atoms with Crippen molar-refractivity contribution < 1.29 is 19.8 Å². The molecule has 0 radical (unpaired) electrons. The third-order valence-electron chi connectivity index (χ3n) is 1.67. The van der Waals surface area contributed by atoms with Crippen LogP contribution >= 0.6 is 0 Å². The van der Waals surface area contributed by atoms with Gasteiger partial charge < -0.3 is 15.2 Å². The van der Waals surface area contributed by atoms with Gasteiger partial charge in [0.1, 0.15) is 0 Å². The lowest BCUT2D eigenvalue weighted by Crippen LogP contribution is -2.34. The smallest absolute Gasteiger partial charge is 0.317 e. The minimum Gasteiger partial charge on any atom is -0.480 e. The predicted octanol–water partition coefficient (Wildman–Crippen LogP) is -0.619. The van der Waals surface area contributed by atoms with Crippen LogP contribution in [0.3, 0.4) is 0 Å². The SMILES string of the molecule is O=C(O)CN(CC(=O)O)Cc1cnc[nH]1. The molecule has 7 nitrogen and oxygen atoms in total. The molecule has 0 amide bonds. The third kappa shape index (κ3) is 4.23. The summed E-state index contributed by atoms with van der Waals surface area (Å²) in [7, 11) is 0. The van der Waals surface area contributed by atoms with E-state index in [2.05, 4.69) is 9.97 Å². The normalized spacial score (nSPS) is 10.5. The second-order valence-electron chi connectivity index (χ2n) is 3.01. The first-order valence-electron chi connectivity index (χ1n) is 4.21. The van der Waals surface area contributed by atoms with Crippen LogP contribution in [0.2, 0.25) is 0 Å². The number of hydrogen-bond donors (Lipinski definition) is 3. The van der Waals surface area contributed by atoms with Crippen molar-refractivity contribution in [1.29, 1.82) is 0 Å². The number of hydrogen-bond acceptors (Lipinski definition) is 4. The molecule has 7 heteroatoms. The van der Waals surface area contributed by atoms with Crippen molar-refractivity contribution in [3.8, 4) is 0 Å². The van der Waals surface area contributed by atoms with Gasteiger partial charge in [0.2, 0.25) is 0 Å². The molecule has 1 heterocycles. The molecule has 0 aliphatic rings. The standard InChI is InChI=1S/C8H11N3O4/c12-7(13)3-11(4-8(14)15)2-6-1-9-5-10-6/h1,5H,2-4H2,(H,9,10)(H,12,13)(H,14,15). The average molecular weight is 213 g/mol. The second-order valence-corrected chi connectivity index (χ2v) is 3.01. The van der Waals surface area contributed by atoms with Gasteiger partial charge in [0.25, 0.3) is 0 Å². The van der Waals surface area contributed by atoms with E-state index < -0.39 is 11.9 Å². The van der Waals surface area contributed by atoms with Crippen molar-refractivity contribution in [1.82, 2.24) is 14.9 Å². The first-order chi connectivity index (χ1) is 7.08. The molecule has 0 fully saturated rings. The maximum absolute atomic E-state index is 10.5. The summed E-state index contributed by atoms with van der Waals surface area (Å²) in [6, 6.07) is 0. The number of carbonyl (C=O) groups is 2. The van der Waals surface area contributed by atoms with Crippen LogP contribution < -0.4 is 0 Å². The Bertz CT molecular complexity index is 320. The number of aromatic amines is 1. The zero-order valence-corrected chi connectivity index (χ0v) is 7.88. The van der Waals surface area contributed by atoms with Gasteiger partial charge in [0.05, 0.1) is 19.4 Å². The van der Waals surface area contributed by atoms with Gasteiger partial charge in [0.15, 0.2) is 0 Å². The molecule has 0 saturated carbocycles. The van der Waals surface area contributed by atoms with E-state index in [4.69, 9.17) is 10.2 Å². The first-order valence-corrected chi connectivity index (χ1v) is 4.21. The van der Waals surface area contributed by atoms with Gasteiger partial charge in [-0.25, -0.2) is 4.98 Å². The zero-order chi connectivity index (χ0) is 11.3. The highest BCUT2D eigenvalue weighted by Crippen LogP contribution is 1.99. The molecule has 0 aliphatic carbocycles. The van der Waals surface area contributed by atoms with Crippen LogP contribution in [0.5, 0.6) is 0 Å². The molecule has 3 N–H and O–H groups in total. The lowest BCUT2D eigenvalue weighted by molar-refractivity contribution is -0.142. The van der Waals surface area contributed by atoms with Crippen molar-refractivity contribution in [2.75, 3.05) is 13.1 Å². The number of carboxylic acids is 2. The summed E-state index contributed by atoms with van der Waals surface area (Å²) in [6.45, 7) is -0.408. The lowest BCUT2D eigenvalue weighted by Gasteiger charge is -2.16. The Morgan fingerprint density at radius 2 is 1.93 bits per heavy atom. The number of rotatable bonds is 6. The molecule has 0 aliphatic heterocycles. The van der Waals surface area contributed by atoms with Crippen LogP contribution in [0.4, 0.5) is 0 Å². The minimum atomic E-state index is -1.06. The van der Waals surface area contributed by atoms with Gasteiger partial charge in [0, 0.05) is 18.4 Å². The number of H-pyrrole nitrogens is 1. The van der Waals surface area contributed by atoms with E-state index in [0.717, 1.165) is 0 Å². The van der Waals surface area contributed by atoms with Crippen LogP contribution in [0.15, 0.2) is 12.5 Å². The molecule has 1 aromatic rings. The monoisotopic (exact) mass is 213 g/mol. The highest BCUT2D eigenvalue weighted by atomic mass is 16.4. The van der Waals surface area contributed by atoms with Gasteiger partial charge >= 0.3 is 11.9 Å². The average Bonchev–Trinajstić information content (AvgIpc) is 2.53. The molecular formula is C8H11N3O4. The van der Waals surface area contributed by atoms with E-state index in [1.54, 1.807) is 0 Å². The fourth-order valence-electron chi connectivity index (χ4n) is 1.16. The van der Waals surface area contributed by atoms with E-state index in [-0.39, 0.29) is 19.6 Å². The molecule has 1 aromatic heterocycles. The lowest BCUT2D eigenvalue weighted by atomic mass is 10.4. The third-order valence-corrected chi connectivity index (χ3v) is 1.67. The number of nitrogens with zero attached hydrogens (tertiary/aromatic N) is 2. The number of carboxylic acid groups (broad SMARTS) is 2. The van der Waals surface area contributed by atoms with Crippen LogP contribution in [0.1, 0.15) is 5.69 Å². The van der Waals surface area contributed by atoms with Crippen LogP contribution in [-0.4, -0.2) is 50.1 Å². The summed E-state index contributed by atoms with van der Waals surface area (Å²) in [6.07, 6.45) is 2.98. The first kappa shape index (κ1) is 11.2. The van der Waals surface area contributed by atoms with E-state index in [9.17, 15) is 9.59 Å². The summed E-state index contributed by atoms with van der Waals surface area (Å²) >= 11 is 0. The Kier molecular flexibility index (Phi) is 3.81. The van der Waals surface area contributed by atoms with E-state index in [1.807, 2.05) is 0 Å². The van der Waals surface area contributed by atoms with Gasteiger partial charge in [-0.05, 0) is 0 Å².